The molecule has 216 valence electrons. The molecule has 0 unspecified atom stereocenters. The van der Waals surface area contributed by atoms with Crippen LogP contribution in [0.1, 0.15) is 52.6 Å². The minimum atomic E-state index is -0.727. The van der Waals surface area contributed by atoms with Crippen molar-refractivity contribution in [2.75, 3.05) is 60.1 Å². The quantitative estimate of drug-likeness (QED) is 0.483. The lowest BCUT2D eigenvalue weighted by Crippen LogP contribution is -2.51. The Morgan fingerprint density at radius 1 is 1.05 bits per heavy atom. The van der Waals surface area contributed by atoms with Gasteiger partial charge in [0.25, 0.3) is 0 Å². The van der Waals surface area contributed by atoms with Crippen molar-refractivity contribution in [1.82, 2.24) is 25.3 Å². The van der Waals surface area contributed by atoms with Crippen LogP contribution in [0, 0.1) is 0 Å². The van der Waals surface area contributed by atoms with Gasteiger partial charge in [0, 0.05) is 50.5 Å². The van der Waals surface area contributed by atoms with Gasteiger partial charge in [0.1, 0.15) is 0 Å². The van der Waals surface area contributed by atoms with E-state index in [1.807, 2.05) is 38.7 Å². The molecular formula is C28H43N5O6. The highest BCUT2D eigenvalue weighted by atomic mass is 16.5. The summed E-state index contributed by atoms with van der Waals surface area (Å²) in [6.45, 7) is 13.0. The number of methoxy groups -OCH3 is 2. The Morgan fingerprint density at radius 2 is 1.77 bits per heavy atom. The van der Waals surface area contributed by atoms with Crippen LogP contribution in [0.5, 0.6) is 11.5 Å². The van der Waals surface area contributed by atoms with Crippen LogP contribution < -0.4 is 20.1 Å². The molecule has 39 heavy (non-hydrogen) atoms. The van der Waals surface area contributed by atoms with Crippen LogP contribution in [-0.4, -0.2) is 98.4 Å². The number of carbonyl (C=O) groups is 3. The van der Waals surface area contributed by atoms with Crippen molar-refractivity contribution < 1.29 is 28.6 Å². The van der Waals surface area contributed by atoms with Crippen molar-refractivity contribution in [2.45, 2.75) is 52.6 Å². The third kappa shape index (κ3) is 7.35. The maximum absolute atomic E-state index is 13.4. The number of rotatable bonds is 8. The molecule has 11 nitrogen and oxygen atoms in total. The maximum Gasteiger partial charge on any atom is 0.338 e. The number of carbonyl (C=O) groups excluding carboxylic acids is 3. The molecule has 0 saturated carbocycles. The fourth-order valence-corrected chi connectivity index (χ4v) is 4.88. The van der Waals surface area contributed by atoms with Crippen LogP contribution in [0.25, 0.3) is 0 Å². The Balaban J connectivity index is 1.97. The van der Waals surface area contributed by atoms with Crippen molar-refractivity contribution in [1.29, 1.82) is 0 Å². The highest BCUT2D eigenvalue weighted by Crippen LogP contribution is 2.36. The van der Waals surface area contributed by atoms with Gasteiger partial charge in [-0.15, -0.1) is 0 Å². The molecule has 1 atom stereocenters. The van der Waals surface area contributed by atoms with E-state index in [0.29, 0.717) is 61.1 Å². The second kappa shape index (κ2) is 13.1. The van der Waals surface area contributed by atoms with E-state index in [4.69, 9.17) is 14.2 Å². The minimum Gasteiger partial charge on any atom is -0.493 e. The van der Waals surface area contributed by atoms with E-state index in [9.17, 15) is 14.4 Å². The predicted octanol–water partition coefficient (Wildman–Crippen LogP) is 3.12. The van der Waals surface area contributed by atoms with Gasteiger partial charge in [0.2, 0.25) is 0 Å². The number of hydrogen-bond acceptors (Lipinski definition) is 7. The SMILES string of the molecule is CCOC(=O)C1=C(CN2CCCN(C(=O)NC(C)(C)C)CC2)N(CC)C(=O)N[C@@H]1c1ccc(OC)c(OC)c1. The molecule has 2 heterocycles. The first-order valence-electron chi connectivity index (χ1n) is 13.5. The highest BCUT2D eigenvalue weighted by molar-refractivity contribution is 5.95. The molecule has 1 fully saturated rings. The van der Waals surface area contributed by atoms with Crippen molar-refractivity contribution in [2.24, 2.45) is 0 Å². The molecule has 0 spiro atoms. The van der Waals surface area contributed by atoms with Gasteiger partial charge in [0.05, 0.1) is 32.4 Å². The smallest absolute Gasteiger partial charge is 0.338 e. The standard InChI is InChI=1S/C28H43N5O6/c1-8-33-20(18-31-13-10-14-32(16-15-31)27(36)30-28(3,4)5)23(25(34)39-9-2)24(29-26(33)35)19-11-12-21(37-6)22(17-19)38-7/h11-12,17,24H,8-10,13-16,18H2,1-7H3,(H,29,35)(H,30,36)/t24-/m1/s1. The Labute approximate surface area is 231 Å². The average molecular weight is 546 g/mol. The van der Waals surface area contributed by atoms with E-state index in [1.165, 1.54) is 7.11 Å². The molecule has 2 N–H and O–H groups in total. The number of hydrogen-bond donors (Lipinski definition) is 2. The molecular weight excluding hydrogens is 502 g/mol. The second-order valence-corrected chi connectivity index (χ2v) is 10.6. The van der Waals surface area contributed by atoms with Gasteiger partial charge in [-0.1, -0.05) is 6.07 Å². The number of nitrogens with one attached hydrogen (secondary N) is 2. The van der Waals surface area contributed by atoms with Crippen LogP contribution in [0.15, 0.2) is 29.5 Å². The third-order valence-electron chi connectivity index (χ3n) is 6.72. The van der Waals surface area contributed by atoms with Gasteiger partial charge >= 0.3 is 18.0 Å². The summed E-state index contributed by atoms with van der Waals surface area (Å²) in [6.07, 6.45) is 0.775. The summed E-state index contributed by atoms with van der Waals surface area (Å²) in [5.74, 6) is 0.560. The lowest BCUT2D eigenvalue weighted by atomic mass is 9.93. The average Bonchev–Trinajstić information content (AvgIpc) is 3.13. The van der Waals surface area contributed by atoms with Gasteiger partial charge in [-0.2, -0.15) is 0 Å². The van der Waals surface area contributed by atoms with Gasteiger partial charge in [0.15, 0.2) is 11.5 Å². The van der Waals surface area contributed by atoms with Crippen molar-refractivity contribution in [3.63, 3.8) is 0 Å². The molecule has 0 bridgehead atoms. The van der Waals surface area contributed by atoms with Gasteiger partial charge in [-0.05, 0) is 58.7 Å². The molecule has 11 heteroatoms. The summed E-state index contributed by atoms with van der Waals surface area (Å²) < 4.78 is 16.3. The number of likely N-dealkylation sites (N-methyl/N-ethyl adjacent to an activating group) is 1. The minimum absolute atomic E-state index is 0.0866. The number of ether oxygens (including phenoxy) is 3. The number of urea groups is 2. The van der Waals surface area contributed by atoms with Gasteiger partial charge in [-0.25, -0.2) is 14.4 Å². The largest absolute Gasteiger partial charge is 0.493 e. The normalized spacial score (nSPS) is 18.8. The zero-order chi connectivity index (χ0) is 28.7. The van der Waals surface area contributed by atoms with Gasteiger partial charge < -0.3 is 29.7 Å². The Morgan fingerprint density at radius 3 is 2.38 bits per heavy atom. The molecule has 0 radical (unpaired) electrons. The number of nitrogens with zero attached hydrogens (tertiary/aromatic N) is 3. The second-order valence-electron chi connectivity index (χ2n) is 10.6. The molecule has 1 saturated heterocycles. The lowest BCUT2D eigenvalue weighted by molar-refractivity contribution is -0.139. The van der Waals surface area contributed by atoms with Crippen LogP contribution in [0.4, 0.5) is 9.59 Å². The van der Waals surface area contributed by atoms with Crippen LogP contribution in [0.2, 0.25) is 0 Å². The monoisotopic (exact) mass is 545 g/mol. The van der Waals surface area contributed by atoms with Crippen molar-refractivity contribution in [3.05, 3.63) is 35.0 Å². The predicted molar refractivity (Wildman–Crippen MR) is 148 cm³/mol. The summed E-state index contributed by atoms with van der Waals surface area (Å²) in [6, 6.07) is 4.22. The summed E-state index contributed by atoms with van der Waals surface area (Å²) in [5, 5.41) is 6.02. The Bertz CT molecular complexity index is 1080. The molecule has 1 aromatic carbocycles. The Kier molecular flexibility index (Phi) is 10.1. The highest BCUT2D eigenvalue weighted by Gasteiger charge is 2.39. The molecule has 0 aromatic heterocycles. The molecule has 2 aliphatic rings. The number of esters is 1. The third-order valence-corrected chi connectivity index (χ3v) is 6.72. The molecule has 2 aliphatic heterocycles. The van der Waals surface area contributed by atoms with Crippen LogP contribution in [-0.2, 0) is 9.53 Å². The maximum atomic E-state index is 13.4. The summed E-state index contributed by atoms with van der Waals surface area (Å²) in [5.41, 5.74) is 1.35. The first-order chi connectivity index (χ1) is 18.5. The van der Waals surface area contributed by atoms with E-state index >= 15 is 0 Å². The van der Waals surface area contributed by atoms with E-state index in [0.717, 1.165) is 13.0 Å². The summed E-state index contributed by atoms with van der Waals surface area (Å²) in [4.78, 5) is 45.1. The van der Waals surface area contributed by atoms with E-state index in [-0.39, 0.29) is 24.2 Å². The molecule has 1 aromatic rings. The van der Waals surface area contributed by atoms with E-state index < -0.39 is 12.0 Å². The topological polar surface area (TPSA) is 113 Å². The molecule has 3 rings (SSSR count). The number of amides is 4. The van der Waals surface area contributed by atoms with E-state index in [1.54, 1.807) is 31.1 Å². The van der Waals surface area contributed by atoms with Crippen molar-refractivity contribution in [3.8, 4) is 11.5 Å². The van der Waals surface area contributed by atoms with Crippen LogP contribution in [0.3, 0.4) is 0 Å². The lowest BCUT2D eigenvalue weighted by Gasteiger charge is -2.38. The zero-order valence-electron chi connectivity index (χ0n) is 24.3. The zero-order valence-corrected chi connectivity index (χ0v) is 24.3. The number of benzene rings is 1. The fraction of sp³-hybridized carbons (Fsp3) is 0.607. The van der Waals surface area contributed by atoms with Crippen molar-refractivity contribution >= 4 is 18.0 Å². The summed E-state index contributed by atoms with van der Waals surface area (Å²) in [7, 11) is 3.09. The summed E-state index contributed by atoms with van der Waals surface area (Å²) >= 11 is 0. The Hall–Kier alpha value is -3.47. The fourth-order valence-electron chi connectivity index (χ4n) is 4.88. The van der Waals surface area contributed by atoms with E-state index in [2.05, 4.69) is 15.5 Å². The van der Waals surface area contributed by atoms with Gasteiger partial charge in [-0.3, -0.25) is 9.80 Å². The first-order valence-corrected chi connectivity index (χ1v) is 13.5. The first kappa shape index (κ1) is 30.1. The van der Waals surface area contributed by atoms with Crippen LogP contribution >= 0.6 is 0 Å². The molecule has 4 amide bonds. The molecule has 0 aliphatic carbocycles.